The summed E-state index contributed by atoms with van der Waals surface area (Å²) in [7, 11) is 0. The van der Waals surface area contributed by atoms with Gasteiger partial charge in [-0.3, -0.25) is 14.3 Å². The van der Waals surface area contributed by atoms with E-state index in [2.05, 4.69) is 9.97 Å². The summed E-state index contributed by atoms with van der Waals surface area (Å²) in [6.45, 7) is 0.153. The number of aliphatic hydroxyl groups excluding tert-OH is 1. The molecule has 1 aromatic carbocycles. The summed E-state index contributed by atoms with van der Waals surface area (Å²) >= 11 is 5.79. The fourth-order valence-corrected chi connectivity index (χ4v) is 2.27. The average molecular weight is 332 g/mol. The quantitative estimate of drug-likeness (QED) is 0.772. The Morgan fingerprint density at radius 3 is 2.83 bits per heavy atom. The van der Waals surface area contributed by atoms with Gasteiger partial charge in [0.25, 0.3) is 5.56 Å². The number of aromatic nitrogens is 3. The highest BCUT2D eigenvalue weighted by Crippen LogP contribution is 2.15. The number of benzene rings is 1. The van der Waals surface area contributed by atoms with Crippen LogP contribution in [0.1, 0.15) is 0 Å². The molecule has 23 heavy (non-hydrogen) atoms. The minimum atomic E-state index is -0.843. The number of rotatable bonds is 5. The Morgan fingerprint density at radius 2 is 2.04 bits per heavy atom. The number of aliphatic hydroxyl groups is 1. The minimum Gasteiger partial charge on any atom is -0.491 e. The van der Waals surface area contributed by atoms with Crippen LogP contribution in [0.3, 0.4) is 0 Å². The van der Waals surface area contributed by atoms with Crippen LogP contribution in [0.25, 0.3) is 10.9 Å². The molecule has 118 valence electrons. The first-order valence-corrected chi connectivity index (χ1v) is 7.37. The fraction of sp³-hybridized carbons (Fsp3) is 0.188. The van der Waals surface area contributed by atoms with Gasteiger partial charge < -0.3 is 9.84 Å². The number of fused-ring (bicyclic) bond motifs is 1. The predicted octanol–water partition coefficient (Wildman–Crippen LogP) is 1.88. The number of hydrogen-bond acceptors (Lipinski definition) is 5. The first kappa shape index (κ1) is 15.5. The van der Waals surface area contributed by atoms with Crippen molar-refractivity contribution in [3.8, 4) is 5.75 Å². The molecule has 0 amide bonds. The maximum Gasteiger partial charge on any atom is 0.261 e. The molecule has 1 atom stereocenters. The molecule has 0 aliphatic rings. The molecule has 0 spiro atoms. The van der Waals surface area contributed by atoms with Crippen LogP contribution in [0.15, 0.2) is 53.8 Å². The Bertz CT molecular complexity index is 864. The molecule has 1 unspecified atom stereocenters. The molecule has 3 aromatic rings. The molecular formula is C16H14ClN3O3. The molecule has 6 nitrogen and oxygen atoms in total. The van der Waals surface area contributed by atoms with Gasteiger partial charge in [-0.25, -0.2) is 4.98 Å². The monoisotopic (exact) mass is 331 g/mol. The topological polar surface area (TPSA) is 77.2 Å². The largest absolute Gasteiger partial charge is 0.491 e. The summed E-state index contributed by atoms with van der Waals surface area (Å²) in [6, 6.07) is 8.44. The molecular weight excluding hydrogens is 318 g/mol. The Morgan fingerprint density at radius 1 is 1.26 bits per heavy atom. The van der Waals surface area contributed by atoms with Crippen molar-refractivity contribution in [3.05, 3.63) is 64.4 Å². The first-order valence-electron chi connectivity index (χ1n) is 6.99. The molecule has 1 N–H and O–H groups in total. The summed E-state index contributed by atoms with van der Waals surface area (Å²) in [4.78, 5) is 20.4. The van der Waals surface area contributed by atoms with Crippen molar-refractivity contribution >= 4 is 22.5 Å². The van der Waals surface area contributed by atoms with Gasteiger partial charge in [-0.05, 0) is 30.3 Å². The molecule has 0 aliphatic heterocycles. The Hall–Kier alpha value is -2.44. The number of halogens is 1. The van der Waals surface area contributed by atoms with Crippen LogP contribution < -0.4 is 10.3 Å². The van der Waals surface area contributed by atoms with Crippen LogP contribution in [-0.4, -0.2) is 32.4 Å². The third-order valence-electron chi connectivity index (χ3n) is 3.29. The summed E-state index contributed by atoms with van der Waals surface area (Å²) in [6.07, 6.45) is 3.62. The van der Waals surface area contributed by atoms with Crippen molar-refractivity contribution in [2.24, 2.45) is 0 Å². The zero-order chi connectivity index (χ0) is 16.2. The molecule has 7 heteroatoms. The molecule has 0 fully saturated rings. The maximum atomic E-state index is 12.3. The van der Waals surface area contributed by atoms with Crippen molar-refractivity contribution in [2.75, 3.05) is 6.61 Å². The van der Waals surface area contributed by atoms with Crippen LogP contribution in [-0.2, 0) is 6.54 Å². The molecule has 2 heterocycles. The van der Waals surface area contributed by atoms with Gasteiger partial charge in [-0.2, -0.15) is 0 Å². The summed E-state index contributed by atoms with van der Waals surface area (Å²) in [5, 5.41) is 11.1. The van der Waals surface area contributed by atoms with E-state index in [-0.39, 0.29) is 18.7 Å². The SMILES string of the molecule is O=c1c2ccncc2ncn1CC(O)COc1ccc(Cl)cc1. The van der Waals surface area contributed by atoms with Gasteiger partial charge in [-0.15, -0.1) is 0 Å². The lowest BCUT2D eigenvalue weighted by molar-refractivity contribution is 0.0915. The lowest BCUT2D eigenvalue weighted by Gasteiger charge is -2.14. The second-order valence-electron chi connectivity index (χ2n) is 5.01. The van der Waals surface area contributed by atoms with Crippen molar-refractivity contribution in [2.45, 2.75) is 12.6 Å². The zero-order valence-corrected chi connectivity index (χ0v) is 12.8. The Kier molecular flexibility index (Phi) is 4.55. The van der Waals surface area contributed by atoms with Crippen molar-refractivity contribution < 1.29 is 9.84 Å². The second-order valence-corrected chi connectivity index (χ2v) is 5.45. The van der Waals surface area contributed by atoms with E-state index in [1.807, 2.05) is 0 Å². The van der Waals surface area contributed by atoms with Crippen LogP contribution in [0, 0.1) is 0 Å². The molecule has 0 radical (unpaired) electrons. The smallest absolute Gasteiger partial charge is 0.261 e. The number of ether oxygens (including phenoxy) is 1. The van der Waals surface area contributed by atoms with E-state index in [0.29, 0.717) is 21.7 Å². The van der Waals surface area contributed by atoms with Gasteiger partial charge in [0.2, 0.25) is 0 Å². The van der Waals surface area contributed by atoms with Gasteiger partial charge in [0.15, 0.2) is 0 Å². The van der Waals surface area contributed by atoms with Gasteiger partial charge >= 0.3 is 0 Å². The van der Waals surface area contributed by atoms with Crippen molar-refractivity contribution in [3.63, 3.8) is 0 Å². The van der Waals surface area contributed by atoms with E-state index in [0.717, 1.165) is 0 Å². The summed E-state index contributed by atoms with van der Waals surface area (Å²) in [5.74, 6) is 0.600. The van der Waals surface area contributed by atoms with Gasteiger partial charge in [0, 0.05) is 11.2 Å². The Balaban J connectivity index is 1.68. The van der Waals surface area contributed by atoms with E-state index in [9.17, 15) is 9.90 Å². The highest BCUT2D eigenvalue weighted by atomic mass is 35.5. The highest BCUT2D eigenvalue weighted by Gasteiger charge is 2.10. The molecule has 2 aromatic heterocycles. The zero-order valence-electron chi connectivity index (χ0n) is 12.1. The van der Waals surface area contributed by atoms with Gasteiger partial charge in [0.05, 0.1) is 30.0 Å². The first-order chi connectivity index (χ1) is 11.1. The molecule has 3 rings (SSSR count). The molecule has 0 bridgehead atoms. The second kappa shape index (κ2) is 6.76. The van der Waals surface area contributed by atoms with Gasteiger partial charge in [0.1, 0.15) is 18.5 Å². The normalized spacial score (nSPS) is 12.3. The average Bonchev–Trinajstić information content (AvgIpc) is 2.57. The molecule has 0 aliphatic carbocycles. The van der Waals surface area contributed by atoms with E-state index >= 15 is 0 Å². The minimum absolute atomic E-state index is 0.0580. The standard InChI is InChI=1S/C16H14ClN3O3/c17-11-1-3-13(4-2-11)23-9-12(21)8-20-10-19-15-7-18-6-5-14(15)16(20)22/h1-7,10,12,21H,8-9H2. The molecule has 0 saturated heterocycles. The highest BCUT2D eigenvalue weighted by molar-refractivity contribution is 6.30. The third-order valence-corrected chi connectivity index (χ3v) is 3.54. The van der Waals surface area contributed by atoms with Crippen molar-refractivity contribution in [1.29, 1.82) is 0 Å². The summed E-state index contributed by atoms with van der Waals surface area (Å²) < 4.78 is 6.83. The third kappa shape index (κ3) is 3.67. The lowest BCUT2D eigenvalue weighted by atomic mass is 10.3. The summed E-state index contributed by atoms with van der Waals surface area (Å²) in [5.41, 5.74) is 0.309. The van der Waals surface area contributed by atoms with E-state index in [4.69, 9.17) is 16.3 Å². The molecule has 0 saturated carbocycles. The maximum absolute atomic E-state index is 12.3. The van der Waals surface area contributed by atoms with E-state index in [1.165, 1.54) is 23.3 Å². The number of nitrogens with zero attached hydrogens (tertiary/aromatic N) is 3. The van der Waals surface area contributed by atoms with Crippen LogP contribution >= 0.6 is 11.6 Å². The van der Waals surface area contributed by atoms with E-state index in [1.54, 1.807) is 30.3 Å². The lowest BCUT2D eigenvalue weighted by Crippen LogP contribution is -2.30. The Labute approximate surface area is 137 Å². The number of hydrogen-bond donors (Lipinski definition) is 1. The van der Waals surface area contributed by atoms with E-state index < -0.39 is 6.10 Å². The van der Waals surface area contributed by atoms with Crippen molar-refractivity contribution in [1.82, 2.24) is 14.5 Å². The number of pyridine rings is 1. The fourth-order valence-electron chi connectivity index (χ4n) is 2.14. The van der Waals surface area contributed by atoms with Crippen LogP contribution in [0.4, 0.5) is 0 Å². The van der Waals surface area contributed by atoms with Gasteiger partial charge in [-0.1, -0.05) is 11.6 Å². The predicted molar refractivity (Wildman–Crippen MR) is 86.8 cm³/mol. The van der Waals surface area contributed by atoms with Crippen LogP contribution in [0.2, 0.25) is 5.02 Å². The van der Waals surface area contributed by atoms with Crippen LogP contribution in [0.5, 0.6) is 5.75 Å².